The van der Waals surface area contributed by atoms with Gasteiger partial charge >= 0.3 is 12.1 Å². The topological polar surface area (TPSA) is 125 Å². The van der Waals surface area contributed by atoms with Crippen molar-refractivity contribution in [2.45, 2.75) is 32.4 Å². The van der Waals surface area contributed by atoms with E-state index in [1.54, 1.807) is 32.9 Å². The Morgan fingerprint density at radius 1 is 1.11 bits per heavy atom. The number of imide groups is 1. The van der Waals surface area contributed by atoms with E-state index in [1.165, 1.54) is 12.1 Å². The number of carboxylic acids is 1. The van der Waals surface area contributed by atoms with Crippen LogP contribution in [0.3, 0.4) is 0 Å². The summed E-state index contributed by atoms with van der Waals surface area (Å²) in [4.78, 5) is 48.7. The van der Waals surface area contributed by atoms with Crippen molar-refractivity contribution in [1.29, 1.82) is 0 Å². The Bertz CT molecular complexity index is 721. The van der Waals surface area contributed by atoms with Crippen LogP contribution >= 0.6 is 0 Å². The van der Waals surface area contributed by atoms with Crippen LogP contribution in [-0.4, -0.2) is 65.2 Å². The van der Waals surface area contributed by atoms with E-state index in [0.29, 0.717) is 0 Å². The van der Waals surface area contributed by atoms with E-state index in [1.807, 2.05) is 0 Å². The highest BCUT2D eigenvalue weighted by molar-refractivity contribution is 6.22. The molecule has 1 aliphatic heterocycles. The zero-order valence-corrected chi connectivity index (χ0v) is 15.4. The molecule has 9 heteroatoms. The summed E-state index contributed by atoms with van der Waals surface area (Å²) in [5.74, 6) is -2.55. The van der Waals surface area contributed by atoms with Gasteiger partial charge in [-0.25, -0.2) is 9.59 Å². The van der Waals surface area contributed by atoms with Crippen molar-refractivity contribution in [2.75, 3.05) is 19.6 Å². The van der Waals surface area contributed by atoms with E-state index in [-0.39, 0.29) is 30.8 Å². The molecular formula is C18H23N3O6. The van der Waals surface area contributed by atoms with Crippen molar-refractivity contribution >= 4 is 23.9 Å². The van der Waals surface area contributed by atoms with E-state index in [9.17, 15) is 24.3 Å². The summed E-state index contributed by atoms with van der Waals surface area (Å²) in [6, 6.07) is 4.87. The maximum atomic E-state index is 12.4. The first-order valence-electron chi connectivity index (χ1n) is 8.49. The van der Waals surface area contributed by atoms with Crippen molar-refractivity contribution in [2.24, 2.45) is 0 Å². The van der Waals surface area contributed by atoms with Gasteiger partial charge in [-0.05, 0) is 32.9 Å². The molecule has 0 spiro atoms. The number of ether oxygens (including phenoxy) is 1. The summed E-state index contributed by atoms with van der Waals surface area (Å²) in [7, 11) is 0. The summed E-state index contributed by atoms with van der Waals surface area (Å²) >= 11 is 0. The summed E-state index contributed by atoms with van der Waals surface area (Å²) < 4.78 is 5.08. The molecule has 1 heterocycles. The summed E-state index contributed by atoms with van der Waals surface area (Å²) in [6.45, 7) is 5.52. The minimum atomic E-state index is -1.35. The number of hydrogen-bond acceptors (Lipinski definition) is 6. The molecule has 1 aromatic carbocycles. The minimum Gasteiger partial charge on any atom is -0.480 e. The molecule has 0 saturated heterocycles. The maximum absolute atomic E-state index is 12.4. The van der Waals surface area contributed by atoms with Crippen LogP contribution in [0.2, 0.25) is 0 Å². The first-order valence-corrected chi connectivity index (χ1v) is 8.49. The summed E-state index contributed by atoms with van der Waals surface area (Å²) in [5.41, 5.74) is -0.224. The van der Waals surface area contributed by atoms with Gasteiger partial charge in [-0.2, -0.15) is 0 Å². The highest BCUT2D eigenvalue weighted by atomic mass is 16.6. The number of hydrogen-bond donors (Lipinski definition) is 3. The quantitative estimate of drug-likeness (QED) is 0.475. The largest absolute Gasteiger partial charge is 0.480 e. The standard InChI is InChI=1S/C18H23N3O6/c1-18(2,3)27-17(26)20-9-8-19-10-13(16(24)25)21-14(22)11-6-4-5-7-12(11)15(21)23/h4-7,13,19H,8-10H2,1-3H3,(H,20,26)(H,24,25). The van der Waals surface area contributed by atoms with Gasteiger partial charge < -0.3 is 20.5 Å². The fraction of sp³-hybridized carbons (Fsp3) is 0.444. The molecule has 1 atom stereocenters. The number of alkyl carbamates (subject to hydrolysis) is 1. The number of aliphatic carboxylic acids is 1. The average Bonchev–Trinajstić information content (AvgIpc) is 2.81. The normalized spacial score (nSPS) is 14.7. The molecule has 0 bridgehead atoms. The van der Waals surface area contributed by atoms with E-state index in [4.69, 9.17) is 4.74 Å². The van der Waals surface area contributed by atoms with Gasteiger partial charge in [-0.3, -0.25) is 14.5 Å². The molecule has 3 N–H and O–H groups in total. The van der Waals surface area contributed by atoms with E-state index in [0.717, 1.165) is 4.90 Å². The maximum Gasteiger partial charge on any atom is 0.407 e. The van der Waals surface area contributed by atoms with Crippen LogP contribution in [-0.2, 0) is 9.53 Å². The number of carbonyl (C=O) groups is 4. The van der Waals surface area contributed by atoms with E-state index >= 15 is 0 Å². The number of benzene rings is 1. The molecule has 0 aliphatic carbocycles. The Labute approximate surface area is 156 Å². The number of nitrogens with one attached hydrogen (secondary N) is 2. The second-order valence-corrected chi connectivity index (χ2v) is 7.01. The molecule has 0 aromatic heterocycles. The number of amides is 3. The second kappa shape index (κ2) is 8.17. The molecule has 1 aliphatic rings. The van der Waals surface area contributed by atoms with Gasteiger partial charge in [0.25, 0.3) is 11.8 Å². The number of fused-ring (bicyclic) bond motifs is 1. The number of carboxylic acid groups (broad SMARTS) is 1. The van der Waals surface area contributed by atoms with Gasteiger partial charge in [0.1, 0.15) is 11.6 Å². The Morgan fingerprint density at radius 2 is 1.67 bits per heavy atom. The SMILES string of the molecule is CC(C)(C)OC(=O)NCCNCC(C(=O)O)N1C(=O)c2ccccc2C1=O. The van der Waals surface area contributed by atoms with E-state index < -0.39 is 35.5 Å². The van der Waals surface area contributed by atoms with Crippen LogP contribution in [0.15, 0.2) is 24.3 Å². The van der Waals surface area contributed by atoms with Crippen LogP contribution < -0.4 is 10.6 Å². The Hall–Kier alpha value is -2.94. The first kappa shape index (κ1) is 20.4. The average molecular weight is 377 g/mol. The number of nitrogens with zero attached hydrogens (tertiary/aromatic N) is 1. The van der Waals surface area contributed by atoms with Crippen LogP contribution in [0, 0.1) is 0 Å². The molecule has 2 rings (SSSR count). The number of carbonyl (C=O) groups excluding carboxylic acids is 3. The van der Waals surface area contributed by atoms with Crippen LogP contribution in [0.4, 0.5) is 4.79 Å². The summed E-state index contributed by atoms with van der Waals surface area (Å²) in [6.07, 6.45) is -0.584. The fourth-order valence-electron chi connectivity index (χ4n) is 2.59. The Morgan fingerprint density at radius 3 is 2.15 bits per heavy atom. The van der Waals surface area contributed by atoms with Crippen molar-refractivity contribution in [3.8, 4) is 0 Å². The molecule has 0 fully saturated rings. The highest BCUT2D eigenvalue weighted by Gasteiger charge is 2.42. The predicted octanol–water partition coefficient (Wildman–Crippen LogP) is 0.850. The molecule has 3 amide bonds. The third kappa shape index (κ3) is 5.04. The zero-order valence-electron chi connectivity index (χ0n) is 15.4. The van der Waals surface area contributed by atoms with Gasteiger partial charge in [-0.1, -0.05) is 12.1 Å². The highest BCUT2D eigenvalue weighted by Crippen LogP contribution is 2.24. The van der Waals surface area contributed by atoms with Crippen molar-refractivity contribution in [1.82, 2.24) is 15.5 Å². The van der Waals surface area contributed by atoms with Gasteiger partial charge in [-0.15, -0.1) is 0 Å². The molecule has 1 unspecified atom stereocenters. The predicted molar refractivity (Wildman–Crippen MR) is 95.5 cm³/mol. The molecule has 0 radical (unpaired) electrons. The molecular weight excluding hydrogens is 354 g/mol. The van der Waals surface area contributed by atoms with E-state index in [2.05, 4.69) is 10.6 Å². The third-order valence-corrected chi connectivity index (χ3v) is 3.73. The lowest BCUT2D eigenvalue weighted by Gasteiger charge is -2.23. The Kier molecular flexibility index (Phi) is 6.17. The fourth-order valence-corrected chi connectivity index (χ4v) is 2.59. The smallest absolute Gasteiger partial charge is 0.407 e. The second-order valence-electron chi connectivity index (χ2n) is 7.01. The molecule has 146 valence electrons. The molecule has 1 aromatic rings. The van der Waals surface area contributed by atoms with Gasteiger partial charge in [0.05, 0.1) is 11.1 Å². The lowest BCUT2D eigenvalue weighted by molar-refractivity contribution is -0.141. The van der Waals surface area contributed by atoms with Crippen LogP contribution in [0.5, 0.6) is 0 Å². The number of rotatable bonds is 7. The van der Waals surface area contributed by atoms with Gasteiger partial charge in [0, 0.05) is 19.6 Å². The van der Waals surface area contributed by atoms with Crippen LogP contribution in [0.25, 0.3) is 0 Å². The van der Waals surface area contributed by atoms with Gasteiger partial charge in [0.2, 0.25) is 0 Å². The third-order valence-electron chi connectivity index (χ3n) is 3.73. The monoisotopic (exact) mass is 377 g/mol. The van der Waals surface area contributed by atoms with Crippen LogP contribution in [0.1, 0.15) is 41.5 Å². The Balaban J connectivity index is 1.89. The lowest BCUT2D eigenvalue weighted by Crippen LogP contribution is -2.51. The minimum absolute atomic E-state index is 0.142. The van der Waals surface area contributed by atoms with Crippen molar-refractivity contribution in [3.05, 3.63) is 35.4 Å². The van der Waals surface area contributed by atoms with Crippen molar-refractivity contribution in [3.63, 3.8) is 0 Å². The lowest BCUT2D eigenvalue weighted by atomic mass is 10.1. The zero-order chi connectivity index (χ0) is 20.2. The molecule has 0 saturated carbocycles. The van der Waals surface area contributed by atoms with Crippen molar-refractivity contribution < 1.29 is 29.0 Å². The molecule has 27 heavy (non-hydrogen) atoms. The summed E-state index contributed by atoms with van der Waals surface area (Å²) in [5, 5.41) is 14.8. The van der Waals surface area contributed by atoms with Gasteiger partial charge in [0.15, 0.2) is 0 Å². The first-order chi connectivity index (χ1) is 12.6. The molecule has 9 nitrogen and oxygen atoms in total.